The Bertz CT molecular complexity index is 579. The quantitative estimate of drug-likeness (QED) is 0.525. The number of aliphatic imine (C=N–C) groups is 1. The van der Waals surface area contributed by atoms with Crippen LogP contribution in [-0.2, 0) is 4.74 Å². The monoisotopic (exact) mass is 380 g/mol. The number of nitrogens with zero attached hydrogens (tertiary/aromatic N) is 3. The Morgan fingerprint density at radius 1 is 1.37 bits per heavy atom. The first-order chi connectivity index (χ1) is 13.1. The maximum absolute atomic E-state index is 13.6. The molecular formula is C20H33FN4O2. The number of morpholine rings is 1. The molecule has 1 aromatic rings. The van der Waals surface area contributed by atoms with Gasteiger partial charge < -0.3 is 19.7 Å². The highest BCUT2D eigenvalue weighted by Crippen LogP contribution is 2.15. The zero-order valence-electron chi connectivity index (χ0n) is 16.8. The van der Waals surface area contributed by atoms with Crippen molar-refractivity contribution in [3.63, 3.8) is 0 Å². The number of benzene rings is 1. The van der Waals surface area contributed by atoms with Crippen LogP contribution in [-0.4, -0.2) is 81.9 Å². The first-order valence-electron chi connectivity index (χ1n) is 9.77. The van der Waals surface area contributed by atoms with Crippen LogP contribution in [0.4, 0.5) is 4.39 Å². The molecule has 6 nitrogen and oxygen atoms in total. The number of ether oxygens (including phenoxy) is 2. The fraction of sp³-hybridized carbons (Fsp3) is 0.650. The lowest BCUT2D eigenvalue weighted by Gasteiger charge is -2.29. The molecule has 1 unspecified atom stereocenters. The predicted octanol–water partition coefficient (Wildman–Crippen LogP) is 2.07. The topological polar surface area (TPSA) is 49.3 Å². The van der Waals surface area contributed by atoms with Crippen molar-refractivity contribution in [2.45, 2.75) is 13.8 Å². The Kier molecular flexibility index (Phi) is 9.35. The summed E-state index contributed by atoms with van der Waals surface area (Å²) in [4.78, 5) is 9.22. The van der Waals surface area contributed by atoms with Crippen molar-refractivity contribution in [2.24, 2.45) is 10.9 Å². The van der Waals surface area contributed by atoms with E-state index < -0.39 is 0 Å². The van der Waals surface area contributed by atoms with Crippen LogP contribution in [0.1, 0.15) is 13.8 Å². The number of hydrogen-bond donors (Lipinski definition) is 1. The Balaban J connectivity index is 1.79. The third-order valence-electron chi connectivity index (χ3n) is 4.44. The Labute approximate surface area is 162 Å². The second kappa shape index (κ2) is 11.8. The van der Waals surface area contributed by atoms with E-state index in [1.165, 1.54) is 6.07 Å². The standard InChI is InChI=1S/C20H33FN4O2/c1-4-22-20(23-15-17(2)16-25-10-12-26-13-11-25)24(3)9-14-27-19-8-6-5-7-18(19)21/h5-8,17H,4,9-16H2,1-3H3,(H,22,23). The summed E-state index contributed by atoms with van der Waals surface area (Å²) in [5.41, 5.74) is 0. The average Bonchev–Trinajstić information content (AvgIpc) is 2.67. The largest absolute Gasteiger partial charge is 0.489 e. The van der Waals surface area contributed by atoms with E-state index in [0.29, 0.717) is 19.1 Å². The average molecular weight is 381 g/mol. The van der Waals surface area contributed by atoms with Gasteiger partial charge in [0.25, 0.3) is 0 Å². The summed E-state index contributed by atoms with van der Waals surface area (Å²) in [7, 11) is 1.97. The molecule has 1 saturated heterocycles. The van der Waals surface area contributed by atoms with Crippen LogP contribution in [0.3, 0.4) is 0 Å². The van der Waals surface area contributed by atoms with Crippen molar-refractivity contribution in [2.75, 3.05) is 66.1 Å². The number of para-hydroxylation sites is 1. The minimum absolute atomic E-state index is 0.284. The van der Waals surface area contributed by atoms with E-state index in [-0.39, 0.29) is 11.6 Å². The summed E-state index contributed by atoms with van der Waals surface area (Å²) in [6.07, 6.45) is 0. The number of likely N-dealkylation sites (N-methyl/N-ethyl adjacent to an activating group) is 1. The lowest BCUT2D eigenvalue weighted by atomic mass is 10.1. The molecule has 1 aromatic carbocycles. The molecule has 0 spiro atoms. The molecule has 2 rings (SSSR count). The molecule has 7 heteroatoms. The number of halogens is 1. The molecule has 1 N–H and O–H groups in total. The van der Waals surface area contributed by atoms with Gasteiger partial charge in [-0.05, 0) is 25.0 Å². The highest BCUT2D eigenvalue weighted by atomic mass is 19.1. The van der Waals surface area contributed by atoms with Gasteiger partial charge in [-0.25, -0.2) is 4.39 Å². The first-order valence-corrected chi connectivity index (χ1v) is 9.77. The summed E-state index contributed by atoms with van der Waals surface area (Å²) >= 11 is 0. The predicted molar refractivity (Wildman–Crippen MR) is 107 cm³/mol. The van der Waals surface area contributed by atoms with Gasteiger partial charge in [0.05, 0.1) is 19.8 Å². The van der Waals surface area contributed by atoms with Gasteiger partial charge in [0.2, 0.25) is 0 Å². The van der Waals surface area contributed by atoms with Crippen LogP contribution in [0, 0.1) is 11.7 Å². The molecule has 1 aliphatic rings. The Morgan fingerprint density at radius 2 is 2.11 bits per heavy atom. The summed E-state index contributed by atoms with van der Waals surface area (Å²) in [5, 5.41) is 3.31. The van der Waals surface area contributed by atoms with Crippen LogP contribution in [0.2, 0.25) is 0 Å². The molecule has 0 aromatic heterocycles. The van der Waals surface area contributed by atoms with Gasteiger partial charge in [0.1, 0.15) is 6.61 Å². The molecule has 1 aliphatic heterocycles. The molecule has 0 amide bonds. The van der Waals surface area contributed by atoms with Gasteiger partial charge in [0.15, 0.2) is 17.5 Å². The Hall–Kier alpha value is -1.86. The maximum Gasteiger partial charge on any atom is 0.193 e. The Morgan fingerprint density at radius 3 is 2.81 bits per heavy atom. The van der Waals surface area contributed by atoms with E-state index in [2.05, 4.69) is 24.1 Å². The molecule has 1 atom stereocenters. The van der Waals surface area contributed by atoms with Gasteiger partial charge >= 0.3 is 0 Å². The first kappa shape index (κ1) is 21.4. The van der Waals surface area contributed by atoms with Crippen molar-refractivity contribution in [1.29, 1.82) is 0 Å². The van der Waals surface area contributed by atoms with E-state index in [9.17, 15) is 4.39 Å². The highest BCUT2D eigenvalue weighted by Gasteiger charge is 2.14. The van der Waals surface area contributed by atoms with Crippen LogP contribution < -0.4 is 10.1 Å². The molecule has 0 aliphatic carbocycles. The van der Waals surface area contributed by atoms with Crippen molar-refractivity contribution in [3.05, 3.63) is 30.1 Å². The second-order valence-electron chi connectivity index (χ2n) is 6.91. The fourth-order valence-corrected chi connectivity index (χ4v) is 2.95. The molecule has 1 heterocycles. The van der Waals surface area contributed by atoms with E-state index in [1.54, 1.807) is 18.2 Å². The van der Waals surface area contributed by atoms with E-state index >= 15 is 0 Å². The highest BCUT2D eigenvalue weighted by molar-refractivity contribution is 5.79. The van der Waals surface area contributed by atoms with Crippen LogP contribution >= 0.6 is 0 Å². The van der Waals surface area contributed by atoms with Crippen molar-refractivity contribution >= 4 is 5.96 Å². The molecule has 152 valence electrons. The lowest BCUT2D eigenvalue weighted by Crippen LogP contribution is -2.42. The van der Waals surface area contributed by atoms with Crippen molar-refractivity contribution in [1.82, 2.24) is 15.1 Å². The minimum atomic E-state index is -0.335. The maximum atomic E-state index is 13.6. The summed E-state index contributed by atoms with van der Waals surface area (Å²) in [5.74, 6) is 1.27. The SMILES string of the molecule is CCNC(=NCC(C)CN1CCOCC1)N(C)CCOc1ccccc1F. The van der Waals surface area contributed by atoms with Crippen molar-refractivity contribution < 1.29 is 13.9 Å². The smallest absolute Gasteiger partial charge is 0.193 e. The minimum Gasteiger partial charge on any atom is -0.489 e. The van der Waals surface area contributed by atoms with Crippen molar-refractivity contribution in [3.8, 4) is 5.75 Å². The third-order valence-corrected chi connectivity index (χ3v) is 4.44. The molecule has 0 radical (unpaired) electrons. The van der Waals surface area contributed by atoms with Gasteiger partial charge in [-0.15, -0.1) is 0 Å². The summed E-state index contributed by atoms with van der Waals surface area (Å²) < 4.78 is 24.6. The second-order valence-corrected chi connectivity index (χ2v) is 6.91. The molecule has 27 heavy (non-hydrogen) atoms. The number of guanidine groups is 1. The summed E-state index contributed by atoms with van der Waals surface area (Å²) in [6, 6.07) is 6.47. The van der Waals surface area contributed by atoms with Gasteiger partial charge in [0, 0.05) is 39.8 Å². The number of rotatable bonds is 9. The van der Waals surface area contributed by atoms with E-state index in [0.717, 1.165) is 51.9 Å². The fourth-order valence-electron chi connectivity index (χ4n) is 2.95. The third kappa shape index (κ3) is 7.72. The van der Waals surface area contributed by atoms with E-state index in [1.807, 2.05) is 11.9 Å². The molecule has 0 saturated carbocycles. The normalized spacial score (nSPS) is 16.8. The lowest BCUT2D eigenvalue weighted by molar-refractivity contribution is 0.0323. The number of nitrogens with one attached hydrogen (secondary N) is 1. The zero-order valence-corrected chi connectivity index (χ0v) is 16.8. The molecule has 0 bridgehead atoms. The molecular weight excluding hydrogens is 347 g/mol. The van der Waals surface area contributed by atoms with Crippen LogP contribution in [0.25, 0.3) is 0 Å². The molecule has 1 fully saturated rings. The van der Waals surface area contributed by atoms with E-state index in [4.69, 9.17) is 14.5 Å². The van der Waals surface area contributed by atoms with Gasteiger partial charge in [-0.1, -0.05) is 19.1 Å². The van der Waals surface area contributed by atoms with Crippen LogP contribution in [0.15, 0.2) is 29.3 Å². The zero-order chi connectivity index (χ0) is 19.5. The number of hydrogen-bond acceptors (Lipinski definition) is 4. The van der Waals surface area contributed by atoms with Gasteiger partial charge in [-0.3, -0.25) is 9.89 Å². The van der Waals surface area contributed by atoms with Gasteiger partial charge in [-0.2, -0.15) is 0 Å². The summed E-state index contributed by atoms with van der Waals surface area (Å²) in [6.45, 7) is 11.5. The van der Waals surface area contributed by atoms with Crippen LogP contribution in [0.5, 0.6) is 5.75 Å².